The Morgan fingerprint density at radius 2 is 2.35 bits per heavy atom. The molecule has 0 atom stereocenters. The van der Waals surface area contributed by atoms with Crippen LogP contribution in [-0.4, -0.2) is 27.8 Å². The summed E-state index contributed by atoms with van der Waals surface area (Å²) >= 11 is 0. The lowest BCUT2D eigenvalue weighted by Gasteiger charge is -2.04. The van der Waals surface area contributed by atoms with Crippen molar-refractivity contribution in [2.24, 2.45) is 0 Å². The third-order valence-electron chi connectivity index (χ3n) is 2.25. The van der Waals surface area contributed by atoms with Gasteiger partial charge in [0, 0.05) is 0 Å². The van der Waals surface area contributed by atoms with E-state index in [9.17, 15) is 9.18 Å². The van der Waals surface area contributed by atoms with E-state index >= 15 is 0 Å². The normalized spacial score (nSPS) is 10.2. The molecule has 0 amide bonds. The summed E-state index contributed by atoms with van der Waals surface area (Å²) in [5.74, 6) is -1.29. The van der Waals surface area contributed by atoms with Gasteiger partial charge in [0.05, 0.1) is 19.2 Å². The summed E-state index contributed by atoms with van der Waals surface area (Å²) in [6, 6.07) is 4.33. The van der Waals surface area contributed by atoms with E-state index in [4.69, 9.17) is 0 Å². The zero-order valence-corrected chi connectivity index (χ0v) is 9.13. The van der Waals surface area contributed by atoms with E-state index in [-0.39, 0.29) is 5.56 Å². The molecule has 88 valence electrons. The van der Waals surface area contributed by atoms with Crippen LogP contribution >= 0.6 is 0 Å². The molecule has 17 heavy (non-hydrogen) atoms. The quantitative estimate of drug-likeness (QED) is 0.751. The Kier molecular flexibility index (Phi) is 3.13. The van der Waals surface area contributed by atoms with Gasteiger partial charge in [0.15, 0.2) is 0 Å². The second-order valence-corrected chi connectivity index (χ2v) is 3.40. The molecule has 0 bridgehead atoms. The number of rotatable bonds is 3. The molecule has 0 N–H and O–H groups in total. The Morgan fingerprint density at radius 1 is 1.53 bits per heavy atom. The molecular weight excluding hydrogens is 225 g/mol. The van der Waals surface area contributed by atoms with E-state index in [2.05, 4.69) is 14.8 Å². The molecule has 5 nitrogen and oxygen atoms in total. The van der Waals surface area contributed by atoms with Crippen LogP contribution in [0, 0.1) is 5.82 Å². The molecular formula is C11H10FN3O2. The van der Waals surface area contributed by atoms with Crippen LogP contribution in [0.3, 0.4) is 0 Å². The van der Waals surface area contributed by atoms with Gasteiger partial charge in [0.1, 0.15) is 18.5 Å². The van der Waals surface area contributed by atoms with Gasteiger partial charge in [-0.05, 0) is 17.7 Å². The molecule has 0 aliphatic rings. The molecule has 0 aliphatic carbocycles. The number of halogens is 1. The molecule has 0 unspecified atom stereocenters. The summed E-state index contributed by atoms with van der Waals surface area (Å²) in [5, 5.41) is 3.91. The highest BCUT2D eigenvalue weighted by Gasteiger charge is 2.12. The maximum atomic E-state index is 13.6. The van der Waals surface area contributed by atoms with Crippen molar-refractivity contribution < 1.29 is 13.9 Å². The lowest BCUT2D eigenvalue weighted by atomic mass is 10.1. The second kappa shape index (κ2) is 4.73. The first-order valence-corrected chi connectivity index (χ1v) is 4.90. The predicted molar refractivity (Wildman–Crippen MR) is 56.9 cm³/mol. The van der Waals surface area contributed by atoms with Crippen LogP contribution in [0.4, 0.5) is 4.39 Å². The highest BCUT2D eigenvalue weighted by atomic mass is 19.1. The fourth-order valence-electron chi connectivity index (χ4n) is 1.43. The number of methoxy groups -OCH3 is 1. The van der Waals surface area contributed by atoms with Crippen molar-refractivity contribution in [2.45, 2.75) is 6.54 Å². The van der Waals surface area contributed by atoms with Crippen LogP contribution in [-0.2, 0) is 11.3 Å². The van der Waals surface area contributed by atoms with Crippen LogP contribution in [0.2, 0.25) is 0 Å². The minimum Gasteiger partial charge on any atom is -0.465 e. The van der Waals surface area contributed by atoms with Crippen molar-refractivity contribution >= 4 is 5.97 Å². The highest BCUT2D eigenvalue weighted by molar-refractivity contribution is 5.89. The first-order chi connectivity index (χ1) is 8.20. The van der Waals surface area contributed by atoms with Gasteiger partial charge >= 0.3 is 5.97 Å². The van der Waals surface area contributed by atoms with Crippen LogP contribution in [0.25, 0.3) is 0 Å². The number of carbonyl (C=O) groups is 1. The van der Waals surface area contributed by atoms with Crippen molar-refractivity contribution in [1.82, 2.24) is 14.8 Å². The average molecular weight is 235 g/mol. The van der Waals surface area contributed by atoms with Crippen molar-refractivity contribution in [1.29, 1.82) is 0 Å². The summed E-state index contributed by atoms with van der Waals surface area (Å²) in [5.41, 5.74) is 0.621. The first-order valence-electron chi connectivity index (χ1n) is 4.90. The van der Waals surface area contributed by atoms with Crippen molar-refractivity contribution in [3.63, 3.8) is 0 Å². The van der Waals surface area contributed by atoms with Crippen LogP contribution in [0.5, 0.6) is 0 Å². The second-order valence-electron chi connectivity index (χ2n) is 3.40. The summed E-state index contributed by atoms with van der Waals surface area (Å²) in [7, 11) is 1.21. The molecule has 1 aromatic heterocycles. The number of benzene rings is 1. The van der Waals surface area contributed by atoms with E-state index in [1.807, 2.05) is 0 Å². The number of ether oxygens (including phenoxy) is 1. The third-order valence-corrected chi connectivity index (χ3v) is 2.25. The number of esters is 1. The van der Waals surface area contributed by atoms with E-state index in [1.165, 1.54) is 31.9 Å². The topological polar surface area (TPSA) is 57.0 Å². The van der Waals surface area contributed by atoms with Crippen LogP contribution in [0.1, 0.15) is 15.9 Å². The van der Waals surface area contributed by atoms with Crippen molar-refractivity contribution in [3.8, 4) is 0 Å². The predicted octanol–water partition coefficient (Wildman–Crippen LogP) is 1.25. The number of hydrogen-bond donors (Lipinski definition) is 0. The summed E-state index contributed by atoms with van der Waals surface area (Å²) < 4.78 is 19.6. The maximum Gasteiger partial charge on any atom is 0.340 e. The summed E-state index contributed by atoms with van der Waals surface area (Å²) in [4.78, 5) is 15.0. The maximum absolute atomic E-state index is 13.6. The first kappa shape index (κ1) is 11.3. The lowest BCUT2D eigenvalue weighted by molar-refractivity contribution is 0.0595. The zero-order valence-electron chi connectivity index (χ0n) is 9.13. The Morgan fingerprint density at radius 3 is 2.94 bits per heavy atom. The monoisotopic (exact) mass is 235 g/mol. The minimum atomic E-state index is -0.685. The third kappa shape index (κ3) is 2.47. The smallest absolute Gasteiger partial charge is 0.340 e. The Bertz CT molecular complexity index is 526. The zero-order chi connectivity index (χ0) is 12.3. The number of hydrogen-bond acceptors (Lipinski definition) is 4. The number of aromatic nitrogens is 3. The van der Waals surface area contributed by atoms with Gasteiger partial charge in [0.25, 0.3) is 0 Å². The minimum absolute atomic E-state index is 0.0742. The molecule has 2 rings (SSSR count). The van der Waals surface area contributed by atoms with Crippen molar-refractivity contribution in [3.05, 3.63) is 47.8 Å². The Hall–Kier alpha value is -2.24. The summed E-state index contributed by atoms with van der Waals surface area (Å²) in [6.45, 7) is 0.401. The van der Waals surface area contributed by atoms with Gasteiger partial charge < -0.3 is 4.74 Å². The SMILES string of the molecule is COC(=O)c1ccc(Cn2cncn2)cc1F. The molecule has 1 aromatic carbocycles. The van der Waals surface area contributed by atoms with Crippen LogP contribution in [0.15, 0.2) is 30.9 Å². The fourth-order valence-corrected chi connectivity index (χ4v) is 1.43. The average Bonchev–Trinajstić information content (AvgIpc) is 2.81. The molecule has 1 heterocycles. The number of carbonyl (C=O) groups excluding carboxylic acids is 1. The van der Waals surface area contributed by atoms with E-state index in [0.717, 1.165) is 0 Å². The Labute approximate surface area is 96.9 Å². The Balaban J connectivity index is 2.22. The molecule has 0 fully saturated rings. The molecule has 0 radical (unpaired) electrons. The highest BCUT2D eigenvalue weighted by Crippen LogP contribution is 2.12. The number of nitrogens with zero attached hydrogens (tertiary/aromatic N) is 3. The largest absolute Gasteiger partial charge is 0.465 e. The molecule has 0 spiro atoms. The van der Waals surface area contributed by atoms with Gasteiger partial charge in [-0.15, -0.1) is 0 Å². The van der Waals surface area contributed by atoms with Gasteiger partial charge in [0.2, 0.25) is 0 Å². The van der Waals surface area contributed by atoms with Gasteiger partial charge in [-0.2, -0.15) is 5.10 Å². The standard InChI is InChI=1S/C11H10FN3O2/c1-17-11(16)9-3-2-8(4-10(9)12)5-15-7-13-6-14-15/h2-4,6-7H,5H2,1H3. The van der Waals surface area contributed by atoms with Crippen molar-refractivity contribution in [2.75, 3.05) is 7.11 Å². The molecule has 0 aliphatic heterocycles. The lowest BCUT2D eigenvalue weighted by Crippen LogP contribution is -2.06. The van der Waals surface area contributed by atoms with Gasteiger partial charge in [-0.25, -0.2) is 18.9 Å². The van der Waals surface area contributed by atoms with Crippen LogP contribution < -0.4 is 0 Å². The summed E-state index contributed by atoms with van der Waals surface area (Å²) in [6.07, 6.45) is 2.94. The molecule has 0 saturated heterocycles. The van der Waals surface area contributed by atoms with E-state index in [0.29, 0.717) is 12.1 Å². The van der Waals surface area contributed by atoms with Gasteiger partial charge in [-0.3, -0.25) is 0 Å². The molecule has 6 heteroatoms. The molecule has 0 saturated carbocycles. The van der Waals surface area contributed by atoms with E-state index in [1.54, 1.807) is 10.7 Å². The van der Waals surface area contributed by atoms with E-state index < -0.39 is 11.8 Å². The van der Waals surface area contributed by atoms with Gasteiger partial charge in [-0.1, -0.05) is 6.07 Å². The molecule has 2 aromatic rings. The fraction of sp³-hybridized carbons (Fsp3) is 0.182.